The van der Waals surface area contributed by atoms with Crippen LogP contribution in [0.4, 0.5) is 11.4 Å². The summed E-state index contributed by atoms with van der Waals surface area (Å²) in [6, 6.07) is 16.9. The lowest BCUT2D eigenvalue weighted by Crippen LogP contribution is -2.20. The quantitative estimate of drug-likeness (QED) is 0.527. The van der Waals surface area contributed by atoms with Gasteiger partial charge < -0.3 is 15.0 Å². The molecule has 0 aliphatic heterocycles. The average molecular weight is 375 g/mol. The van der Waals surface area contributed by atoms with E-state index in [0.717, 1.165) is 22.2 Å². The number of anilines is 2. The van der Waals surface area contributed by atoms with Gasteiger partial charge in [0.2, 0.25) is 0 Å². The van der Waals surface area contributed by atoms with Crippen LogP contribution >= 0.6 is 0 Å². The van der Waals surface area contributed by atoms with Gasteiger partial charge in [0.15, 0.2) is 6.61 Å². The minimum absolute atomic E-state index is 0.355. The first-order chi connectivity index (χ1) is 13.5. The molecule has 0 spiro atoms. The van der Waals surface area contributed by atoms with E-state index in [1.54, 1.807) is 24.4 Å². The number of para-hydroxylation sites is 1. The van der Waals surface area contributed by atoms with Crippen molar-refractivity contribution in [3.05, 3.63) is 72.4 Å². The third-order valence-electron chi connectivity index (χ3n) is 4.08. The summed E-state index contributed by atoms with van der Waals surface area (Å²) in [7, 11) is 3.88. The Morgan fingerprint density at radius 3 is 2.57 bits per heavy atom. The van der Waals surface area contributed by atoms with Crippen LogP contribution in [0.15, 0.2) is 66.9 Å². The Morgan fingerprint density at radius 2 is 1.82 bits per heavy atom. The van der Waals surface area contributed by atoms with E-state index in [1.165, 1.54) is 6.08 Å². The smallest absolute Gasteiger partial charge is 0.331 e. The van der Waals surface area contributed by atoms with Gasteiger partial charge in [-0.2, -0.15) is 0 Å². The summed E-state index contributed by atoms with van der Waals surface area (Å²) in [5, 5.41) is 3.68. The minimum atomic E-state index is -0.592. The molecule has 0 fully saturated rings. The van der Waals surface area contributed by atoms with E-state index in [2.05, 4.69) is 10.3 Å². The monoisotopic (exact) mass is 375 g/mol. The standard InChI is InChI=1S/C22H21N3O3/c1-25(2)19-11-9-18(10-12-19)24-20(26)15-28-21(27)13-8-17-6-3-5-16-7-4-14-23-22(16)17/h3-14H,15H2,1-2H3,(H,24,26)/b13-8+. The van der Waals surface area contributed by atoms with Gasteiger partial charge in [0.1, 0.15) is 0 Å². The summed E-state index contributed by atoms with van der Waals surface area (Å²) >= 11 is 0. The first-order valence-corrected chi connectivity index (χ1v) is 8.79. The van der Waals surface area contributed by atoms with Gasteiger partial charge in [-0.05, 0) is 36.4 Å². The van der Waals surface area contributed by atoms with Crippen molar-refractivity contribution in [1.29, 1.82) is 0 Å². The Morgan fingerprint density at radius 1 is 1.07 bits per heavy atom. The lowest BCUT2D eigenvalue weighted by Gasteiger charge is -2.13. The summed E-state index contributed by atoms with van der Waals surface area (Å²) in [5.41, 5.74) is 3.27. The number of nitrogens with zero attached hydrogens (tertiary/aromatic N) is 2. The van der Waals surface area contributed by atoms with Crippen molar-refractivity contribution in [3.8, 4) is 0 Å². The van der Waals surface area contributed by atoms with Gasteiger partial charge in [0, 0.05) is 48.7 Å². The molecule has 0 bridgehead atoms. The first-order valence-electron chi connectivity index (χ1n) is 8.79. The van der Waals surface area contributed by atoms with Crippen LogP contribution < -0.4 is 10.2 Å². The number of fused-ring (bicyclic) bond motifs is 1. The number of aromatic nitrogens is 1. The Balaban J connectivity index is 1.53. The molecule has 0 aliphatic carbocycles. The van der Waals surface area contributed by atoms with Crippen molar-refractivity contribution in [2.75, 3.05) is 30.9 Å². The van der Waals surface area contributed by atoms with Gasteiger partial charge in [-0.3, -0.25) is 9.78 Å². The van der Waals surface area contributed by atoms with Crippen LogP contribution in [0, 0.1) is 0 Å². The molecule has 0 radical (unpaired) electrons. The molecule has 0 saturated heterocycles. The van der Waals surface area contributed by atoms with Gasteiger partial charge in [0.05, 0.1) is 5.52 Å². The van der Waals surface area contributed by atoms with Crippen LogP contribution in [-0.2, 0) is 14.3 Å². The molecule has 0 unspecified atom stereocenters. The van der Waals surface area contributed by atoms with Crippen molar-refractivity contribution in [3.63, 3.8) is 0 Å². The van der Waals surface area contributed by atoms with E-state index < -0.39 is 11.9 Å². The number of esters is 1. The van der Waals surface area contributed by atoms with Crippen molar-refractivity contribution in [2.24, 2.45) is 0 Å². The van der Waals surface area contributed by atoms with Gasteiger partial charge in [0.25, 0.3) is 5.91 Å². The van der Waals surface area contributed by atoms with Crippen molar-refractivity contribution in [1.82, 2.24) is 4.98 Å². The average Bonchev–Trinajstić information content (AvgIpc) is 2.71. The number of carbonyl (C=O) groups excluding carboxylic acids is 2. The van der Waals surface area contributed by atoms with E-state index in [0.29, 0.717) is 5.69 Å². The zero-order valence-electron chi connectivity index (χ0n) is 15.8. The van der Waals surface area contributed by atoms with Crippen LogP contribution in [0.25, 0.3) is 17.0 Å². The predicted octanol–water partition coefficient (Wildman–Crippen LogP) is 3.50. The van der Waals surface area contributed by atoms with E-state index in [1.807, 2.05) is 61.5 Å². The number of hydrogen-bond acceptors (Lipinski definition) is 5. The molecule has 142 valence electrons. The van der Waals surface area contributed by atoms with Gasteiger partial charge in [-0.15, -0.1) is 0 Å². The van der Waals surface area contributed by atoms with Crippen LogP contribution in [-0.4, -0.2) is 37.6 Å². The number of hydrogen-bond donors (Lipinski definition) is 1. The molecular formula is C22H21N3O3. The lowest BCUT2D eigenvalue weighted by molar-refractivity contribution is -0.142. The Hall–Kier alpha value is -3.67. The highest BCUT2D eigenvalue weighted by Crippen LogP contribution is 2.17. The first kappa shape index (κ1) is 19.1. The van der Waals surface area contributed by atoms with Crippen molar-refractivity contribution < 1.29 is 14.3 Å². The highest BCUT2D eigenvalue weighted by atomic mass is 16.5. The third-order valence-corrected chi connectivity index (χ3v) is 4.08. The SMILES string of the molecule is CN(C)c1ccc(NC(=O)COC(=O)/C=C/c2cccc3cccnc23)cc1. The fourth-order valence-corrected chi connectivity index (χ4v) is 2.64. The van der Waals surface area contributed by atoms with Gasteiger partial charge >= 0.3 is 5.97 Å². The maximum atomic E-state index is 12.0. The summed E-state index contributed by atoms with van der Waals surface area (Å²) in [5.74, 6) is -0.989. The topological polar surface area (TPSA) is 71.5 Å². The van der Waals surface area contributed by atoms with Crippen molar-refractivity contribution in [2.45, 2.75) is 0 Å². The Kier molecular flexibility index (Phi) is 6.01. The number of nitrogens with one attached hydrogen (secondary N) is 1. The maximum Gasteiger partial charge on any atom is 0.331 e. The normalized spacial score (nSPS) is 10.8. The van der Waals surface area contributed by atoms with Crippen LogP contribution in [0.1, 0.15) is 5.56 Å². The second-order valence-corrected chi connectivity index (χ2v) is 6.35. The van der Waals surface area contributed by atoms with Crippen LogP contribution in [0.2, 0.25) is 0 Å². The van der Waals surface area contributed by atoms with E-state index in [4.69, 9.17) is 4.74 Å². The molecule has 28 heavy (non-hydrogen) atoms. The van der Waals surface area contributed by atoms with Crippen LogP contribution in [0.5, 0.6) is 0 Å². The molecule has 3 aromatic rings. The third kappa shape index (κ3) is 4.94. The molecule has 1 N–H and O–H groups in total. The molecule has 2 aromatic carbocycles. The lowest BCUT2D eigenvalue weighted by atomic mass is 10.1. The molecule has 0 saturated carbocycles. The number of pyridine rings is 1. The fourth-order valence-electron chi connectivity index (χ4n) is 2.64. The van der Waals surface area contributed by atoms with E-state index >= 15 is 0 Å². The number of benzene rings is 2. The zero-order chi connectivity index (χ0) is 19.9. The number of rotatable bonds is 6. The molecular weight excluding hydrogens is 354 g/mol. The summed E-state index contributed by atoms with van der Waals surface area (Å²) in [4.78, 5) is 30.2. The number of amides is 1. The molecule has 6 heteroatoms. The molecule has 0 atom stereocenters. The van der Waals surface area contributed by atoms with E-state index in [-0.39, 0.29) is 6.61 Å². The minimum Gasteiger partial charge on any atom is -0.452 e. The zero-order valence-corrected chi connectivity index (χ0v) is 15.8. The number of ether oxygens (including phenoxy) is 1. The molecule has 1 aromatic heterocycles. The molecule has 6 nitrogen and oxygen atoms in total. The largest absolute Gasteiger partial charge is 0.452 e. The number of carbonyl (C=O) groups is 2. The molecule has 1 heterocycles. The second-order valence-electron chi connectivity index (χ2n) is 6.35. The Labute approximate surface area is 163 Å². The highest BCUT2D eigenvalue weighted by molar-refractivity contribution is 5.96. The van der Waals surface area contributed by atoms with Crippen molar-refractivity contribution >= 4 is 40.2 Å². The molecule has 0 aliphatic rings. The summed E-state index contributed by atoms with van der Waals surface area (Å²) in [6.07, 6.45) is 4.63. The second kappa shape index (κ2) is 8.81. The van der Waals surface area contributed by atoms with Gasteiger partial charge in [-0.1, -0.05) is 24.3 Å². The van der Waals surface area contributed by atoms with Crippen LogP contribution in [0.3, 0.4) is 0 Å². The highest BCUT2D eigenvalue weighted by Gasteiger charge is 2.06. The molecule has 3 rings (SSSR count). The summed E-state index contributed by atoms with van der Waals surface area (Å²) < 4.78 is 5.01. The predicted molar refractivity (Wildman–Crippen MR) is 111 cm³/mol. The molecule has 1 amide bonds. The fraction of sp³-hybridized carbons (Fsp3) is 0.136. The van der Waals surface area contributed by atoms with E-state index in [9.17, 15) is 9.59 Å². The Bertz CT molecular complexity index is 1010. The summed E-state index contributed by atoms with van der Waals surface area (Å²) in [6.45, 7) is -0.355. The maximum absolute atomic E-state index is 12.0. The van der Waals surface area contributed by atoms with Gasteiger partial charge in [-0.25, -0.2) is 4.79 Å².